The van der Waals surface area contributed by atoms with Crippen molar-refractivity contribution in [2.45, 2.75) is 12.4 Å². The van der Waals surface area contributed by atoms with Gasteiger partial charge in [-0.2, -0.15) is 0 Å². The van der Waals surface area contributed by atoms with E-state index in [1.807, 2.05) is 49.5 Å². The van der Waals surface area contributed by atoms with Gasteiger partial charge in [0.05, 0.1) is 5.88 Å². The van der Waals surface area contributed by atoms with Crippen molar-refractivity contribution in [1.82, 2.24) is 0 Å². The highest BCUT2D eigenvalue weighted by molar-refractivity contribution is 6.32. The summed E-state index contributed by atoms with van der Waals surface area (Å²) in [4.78, 5) is 2.10. The van der Waals surface area contributed by atoms with Gasteiger partial charge in [0.15, 0.2) is 0 Å². The molecule has 100 valence electrons. The standard InChI is InChI=1S/C15H14Cl3N/c1-19(10-11-5-2-3-6-13(11)17)15-8-4-7-14(18)12(15)9-16/h2-8H,9-10H2,1H3. The number of nitrogens with zero attached hydrogens (tertiary/aromatic N) is 1. The number of benzene rings is 2. The number of halogens is 3. The van der Waals surface area contributed by atoms with Crippen molar-refractivity contribution in [3.05, 3.63) is 63.6 Å². The van der Waals surface area contributed by atoms with Crippen LogP contribution in [0.3, 0.4) is 0 Å². The smallest absolute Gasteiger partial charge is 0.0509 e. The van der Waals surface area contributed by atoms with E-state index in [2.05, 4.69) is 4.90 Å². The van der Waals surface area contributed by atoms with E-state index in [0.717, 1.165) is 21.8 Å². The summed E-state index contributed by atoms with van der Waals surface area (Å²) >= 11 is 18.3. The second-order valence-electron chi connectivity index (χ2n) is 4.32. The summed E-state index contributed by atoms with van der Waals surface area (Å²) in [6.07, 6.45) is 0. The molecule has 0 saturated heterocycles. The molecule has 0 unspecified atom stereocenters. The zero-order valence-corrected chi connectivity index (χ0v) is 12.8. The van der Waals surface area contributed by atoms with Gasteiger partial charge in [0.1, 0.15) is 0 Å². The Balaban J connectivity index is 2.28. The summed E-state index contributed by atoms with van der Waals surface area (Å²) in [6.45, 7) is 0.712. The minimum Gasteiger partial charge on any atom is -0.370 e. The second kappa shape index (κ2) is 6.51. The molecule has 0 spiro atoms. The molecule has 2 rings (SSSR count). The van der Waals surface area contributed by atoms with Crippen LogP contribution in [-0.4, -0.2) is 7.05 Å². The fourth-order valence-corrected chi connectivity index (χ4v) is 2.79. The Morgan fingerprint density at radius 2 is 1.63 bits per heavy atom. The van der Waals surface area contributed by atoms with Gasteiger partial charge in [-0.1, -0.05) is 47.5 Å². The highest BCUT2D eigenvalue weighted by Crippen LogP contribution is 2.30. The predicted molar refractivity (Wildman–Crippen MR) is 84.6 cm³/mol. The van der Waals surface area contributed by atoms with Crippen LogP contribution in [-0.2, 0) is 12.4 Å². The number of rotatable bonds is 4. The highest BCUT2D eigenvalue weighted by atomic mass is 35.5. The maximum atomic E-state index is 6.18. The Morgan fingerprint density at radius 1 is 0.947 bits per heavy atom. The molecule has 2 aromatic carbocycles. The largest absolute Gasteiger partial charge is 0.370 e. The first kappa shape index (κ1) is 14.5. The van der Waals surface area contributed by atoms with Crippen LogP contribution >= 0.6 is 34.8 Å². The van der Waals surface area contributed by atoms with Gasteiger partial charge >= 0.3 is 0 Å². The minimum atomic E-state index is 0.391. The molecule has 0 atom stereocenters. The molecular weight excluding hydrogens is 301 g/mol. The Labute approximate surface area is 128 Å². The summed E-state index contributed by atoms with van der Waals surface area (Å²) in [7, 11) is 2.00. The topological polar surface area (TPSA) is 3.24 Å². The van der Waals surface area contributed by atoms with E-state index in [-0.39, 0.29) is 0 Å². The predicted octanol–water partition coefficient (Wildman–Crippen LogP) is 5.37. The third kappa shape index (κ3) is 3.36. The molecule has 0 fully saturated rings. The first-order valence-electron chi connectivity index (χ1n) is 5.91. The van der Waals surface area contributed by atoms with Crippen LogP contribution in [0.4, 0.5) is 5.69 Å². The van der Waals surface area contributed by atoms with Crippen molar-refractivity contribution in [2.24, 2.45) is 0 Å². The van der Waals surface area contributed by atoms with E-state index in [1.165, 1.54) is 0 Å². The number of alkyl halides is 1. The maximum absolute atomic E-state index is 6.18. The first-order chi connectivity index (χ1) is 9.13. The average molecular weight is 315 g/mol. The lowest BCUT2D eigenvalue weighted by Gasteiger charge is -2.23. The minimum absolute atomic E-state index is 0.391. The summed E-state index contributed by atoms with van der Waals surface area (Å²) in [5, 5.41) is 1.46. The zero-order valence-electron chi connectivity index (χ0n) is 10.5. The van der Waals surface area contributed by atoms with Crippen molar-refractivity contribution in [3.63, 3.8) is 0 Å². The normalized spacial score (nSPS) is 10.5. The molecule has 0 bridgehead atoms. The fraction of sp³-hybridized carbons (Fsp3) is 0.200. The maximum Gasteiger partial charge on any atom is 0.0509 e. The monoisotopic (exact) mass is 313 g/mol. The van der Waals surface area contributed by atoms with Gasteiger partial charge in [-0.05, 0) is 23.8 Å². The molecule has 0 amide bonds. The quantitative estimate of drug-likeness (QED) is 0.686. The molecule has 1 nitrogen and oxygen atoms in total. The molecule has 0 aliphatic carbocycles. The van der Waals surface area contributed by atoms with E-state index >= 15 is 0 Å². The SMILES string of the molecule is CN(Cc1ccccc1Cl)c1cccc(Cl)c1CCl. The van der Waals surface area contributed by atoms with Gasteiger partial charge in [-0.15, -0.1) is 11.6 Å². The molecule has 0 aliphatic heterocycles. The van der Waals surface area contributed by atoms with Gasteiger partial charge in [-0.25, -0.2) is 0 Å². The molecule has 0 heterocycles. The molecular formula is C15H14Cl3N. The van der Waals surface area contributed by atoms with Crippen molar-refractivity contribution in [2.75, 3.05) is 11.9 Å². The Hall–Kier alpha value is -0.890. The first-order valence-corrected chi connectivity index (χ1v) is 7.20. The summed E-state index contributed by atoms with van der Waals surface area (Å²) in [5.41, 5.74) is 3.05. The lowest BCUT2D eigenvalue weighted by molar-refractivity contribution is 0.916. The Morgan fingerprint density at radius 3 is 2.32 bits per heavy atom. The molecule has 0 radical (unpaired) electrons. The molecule has 0 aliphatic rings. The summed E-state index contributed by atoms with van der Waals surface area (Å²) < 4.78 is 0. The average Bonchev–Trinajstić information content (AvgIpc) is 2.41. The van der Waals surface area contributed by atoms with Crippen LogP contribution < -0.4 is 4.90 Å². The van der Waals surface area contributed by atoms with Crippen molar-refractivity contribution < 1.29 is 0 Å². The fourth-order valence-electron chi connectivity index (χ4n) is 2.00. The van der Waals surface area contributed by atoms with E-state index in [1.54, 1.807) is 0 Å². The molecule has 0 N–H and O–H groups in total. The van der Waals surface area contributed by atoms with E-state index < -0.39 is 0 Å². The Kier molecular flexibility index (Phi) is 4.98. The van der Waals surface area contributed by atoms with E-state index in [4.69, 9.17) is 34.8 Å². The lowest BCUT2D eigenvalue weighted by atomic mass is 10.1. The summed E-state index contributed by atoms with van der Waals surface area (Å²) in [5.74, 6) is 0.391. The van der Waals surface area contributed by atoms with E-state index in [0.29, 0.717) is 17.4 Å². The molecule has 0 aromatic heterocycles. The van der Waals surface area contributed by atoms with Crippen molar-refractivity contribution in [3.8, 4) is 0 Å². The lowest BCUT2D eigenvalue weighted by Crippen LogP contribution is -2.18. The van der Waals surface area contributed by atoms with Crippen molar-refractivity contribution >= 4 is 40.5 Å². The van der Waals surface area contributed by atoms with Crippen LogP contribution in [0, 0.1) is 0 Å². The van der Waals surface area contributed by atoms with Gasteiger partial charge < -0.3 is 4.90 Å². The number of hydrogen-bond acceptors (Lipinski definition) is 1. The number of anilines is 1. The zero-order chi connectivity index (χ0) is 13.8. The van der Waals surface area contributed by atoms with Gasteiger partial charge in [0.25, 0.3) is 0 Å². The van der Waals surface area contributed by atoms with Crippen LogP contribution in [0.15, 0.2) is 42.5 Å². The van der Waals surface area contributed by atoms with Crippen LogP contribution in [0.5, 0.6) is 0 Å². The molecule has 4 heteroatoms. The third-order valence-electron chi connectivity index (χ3n) is 3.00. The third-order valence-corrected chi connectivity index (χ3v) is 3.99. The molecule has 2 aromatic rings. The van der Waals surface area contributed by atoms with E-state index in [9.17, 15) is 0 Å². The molecule has 19 heavy (non-hydrogen) atoms. The van der Waals surface area contributed by atoms with Crippen LogP contribution in [0.2, 0.25) is 10.0 Å². The van der Waals surface area contributed by atoms with Gasteiger partial charge in [0.2, 0.25) is 0 Å². The van der Waals surface area contributed by atoms with Gasteiger partial charge in [0, 0.05) is 34.9 Å². The summed E-state index contributed by atoms with van der Waals surface area (Å²) in [6, 6.07) is 13.6. The van der Waals surface area contributed by atoms with Crippen molar-refractivity contribution in [1.29, 1.82) is 0 Å². The molecule has 0 saturated carbocycles. The number of hydrogen-bond donors (Lipinski definition) is 0. The van der Waals surface area contributed by atoms with Crippen LogP contribution in [0.25, 0.3) is 0 Å². The van der Waals surface area contributed by atoms with Crippen LogP contribution in [0.1, 0.15) is 11.1 Å². The van der Waals surface area contributed by atoms with Gasteiger partial charge in [-0.3, -0.25) is 0 Å². The second-order valence-corrected chi connectivity index (χ2v) is 5.40. The Bertz CT molecular complexity index is 569. The highest BCUT2D eigenvalue weighted by Gasteiger charge is 2.11.